The molecule has 126 valence electrons. The molecule has 5 nitrogen and oxygen atoms in total. The molecule has 1 amide bonds. The van der Waals surface area contributed by atoms with Gasteiger partial charge in [0.25, 0.3) is 5.91 Å². The topological polar surface area (TPSA) is 48.0 Å². The molecule has 0 fully saturated rings. The number of carbonyl (C=O) groups excluding carboxylic acids is 1. The molecular formula is C19H21NO4. The molecule has 0 radical (unpaired) electrons. The molecule has 3 rings (SSSR count). The first-order valence-corrected chi connectivity index (χ1v) is 7.89. The predicted molar refractivity (Wildman–Crippen MR) is 92.5 cm³/mol. The second kappa shape index (κ2) is 6.83. The summed E-state index contributed by atoms with van der Waals surface area (Å²) >= 11 is 0. The van der Waals surface area contributed by atoms with Crippen LogP contribution in [0.3, 0.4) is 0 Å². The zero-order chi connectivity index (χ0) is 17.1. The molecule has 0 atom stereocenters. The SMILES string of the molecule is COc1cc(OC)c2c(c1)N(C(=O)c1ccccc1OC)CCC2. The van der Waals surface area contributed by atoms with Gasteiger partial charge in [0.2, 0.25) is 0 Å². The number of amides is 1. The number of hydrogen-bond acceptors (Lipinski definition) is 4. The first kappa shape index (κ1) is 16.2. The fraction of sp³-hybridized carbons (Fsp3) is 0.316. The molecule has 2 aromatic carbocycles. The summed E-state index contributed by atoms with van der Waals surface area (Å²) in [5.74, 6) is 1.92. The Hall–Kier alpha value is -2.69. The molecule has 0 unspecified atom stereocenters. The van der Waals surface area contributed by atoms with Crippen LogP contribution >= 0.6 is 0 Å². The molecule has 2 aromatic rings. The van der Waals surface area contributed by atoms with Crippen molar-refractivity contribution in [1.82, 2.24) is 0 Å². The van der Waals surface area contributed by atoms with Crippen LogP contribution in [-0.4, -0.2) is 33.8 Å². The highest BCUT2D eigenvalue weighted by molar-refractivity contribution is 6.08. The van der Waals surface area contributed by atoms with Crippen LogP contribution < -0.4 is 19.1 Å². The lowest BCUT2D eigenvalue weighted by molar-refractivity contribution is 0.0982. The molecular weight excluding hydrogens is 306 g/mol. The third kappa shape index (κ3) is 2.77. The van der Waals surface area contributed by atoms with Gasteiger partial charge in [-0.05, 0) is 25.0 Å². The van der Waals surface area contributed by atoms with E-state index in [4.69, 9.17) is 14.2 Å². The number of ether oxygens (including phenoxy) is 3. The maximum Gasteiger partial charge on any atom is 0.262 e. The lowest BCUT2D eigenvalue weighted by Gasteiger charge is -2.31. The Balaban J connectivity index is 2.07. The lowest BCUT2D eigenvalue weighted by atomic mass is 9.99. The molecule has 5 heteroatoms. The molecule has 1 aliphatic heterocycles. The van der Waals surface area contributed by atoms with Crippen molar-refractivity contribution < 1.29 is 19.0 Å². The maximum absolute atomic E-state index is 13.1. The maximum atomic E-state index is 13.1. The van der Waals surface area contributed by atoms with Crippen LogP contribution in [0.15, 0.2) is 36.4 Å². The first-order chi connectivity index (χ1) is 11.7. The Bertz CT molecular complexity index is 757. The molecule has 0 saturated carbocycles. The highest BCUT2D eigenvalue weighted by Crippen LogP contribution is 2.39. The van der Waals surface area contributed by atoms with Gasteiger partial charge in [-0.2, -0.15) is 0 Å². The summed E-state index contributed by atoms with van der Waals surface area (Å²) in [6.07, 6.45) is 1.76. The van der Waals surface area contributed by atoms with Gasteiger partial charge < -0.3 is 19.1 Å². The van der Waals surface area contributed by atoms with Gasteiger partial charge in [0.1, 0.15) is 17.2 Å². The normalized spacial score (nSPS) is 13.2. The summed E-state index contributed by atoms with van der Waals surface area (Å²) in [5, 5.41) is 0. The number of carbonyl (C=O) groups is 1. The molecule has 0 aromatic heterocycles. The van der Waals surface area contributed by atoms with E-state index in [-0.39, 0.29) is 5.91 Å². The van der Waals surface area contributed by atoms with Crippen molar-refractivity contribution >= 4 is 11.6 Å². The average molecular weight is 327 g/mol. The van der Waals surface area contributed by atoms with Crippen LogP contribution in [0.4, 0.5) is 5.69 Å². The van der Waals surface area contributed by atoms with E-state index in [2.05, 4.69) is 0 Å². The monoisotopic (exact) mass is 327 g/mol. The first-order valence-electron chi connectivity index (χ1n) is 7.89. The molecule has 0 N–H and O–H groups in total. The summed E-state index contributed by atoms with van der Waals surface area (Å²) in [7, 11) is 4.81. The lowest BCUT2D eigenvalue weighted by Crippen LogP contribution is -2.35. The second-order valence-electron chi connectivity index (χ2n) is 5.59. The number of methoxy groups -OCH3 is 3. The molecule has 1 heterocycles. The number of hydrogen-bond donors (Lipinski definition) is 0. The van der Waals surface area contributed by atoms with Gasteiger partial charge in [-0.25, -0.2) is 0 Å². The minimum absolute atomic E-state index is 0.0799. The fourth-order valence-corrected chi connectivity index (χ4v) is 3.11. The summed E-state index contributed by atoms with van der Waals surface area (Å²) in [6, 6.07) is 11.0. The Morgan fingerprint density at radius 3 is 2.46 bits per heavy atom. The number of rotatable bonds is 4. The number of fused-ring (bicyclic) bond motifs is 1. The third-order valence-corrected chi connectivity index (χ3v) is 4.30. The minimum atomic E-state index is -0.0799. The third-order valence-electron chi connectivity index (χ3n) is 4.30. The van der Waals surface area contributed by atoms with Gasteiger partial charge >= 0.3 is 0 Å². The molecule has 0 saturated heterocycles. The van der Waals surface area contributed by atoms with E-state index in [1.54, 1.807) is 38.4 Å². The van der Waals surface area contributed by atoms with Gasteiger partial charge in [0, 0.05) is 24.2 Å². The highest BCUT2D eigenvalue weighted by atomic mass is 16.5. The standard InChI is InChI=1S/C19H21NO4/c1-22-13-11-16-14(18(12-13)24-3)8-6-10-20(16)19(21)15-7-4-5-9-17(15)23-2/h4-5,7,9,11-12H,6,8,10H2,1-3H3. The van der Waals surface area contributed by atoms with Crippen molar-refractivity contribution in [2.45, 2.75) is 12.8 Å². The smallest absolute Gasteiger partial charge is 0.262 e. The van der Waals surface area contributed by atoms with E-state index in [9.17, 15) is 4.79 Å². The van der Waals surface area contributed by atoms with Gasteiger partial charge in [-0.1, -0.05) is 12.1 Å². The fourth-order valence-electron chi connectivity index (χ4n) is 3.11. The molecule has 1 aliphatic rings. The Morgan fingerprint density at radius 1 is 1.00 bits per heavy atom. The van der Waals surface area contributed by atoms with E-state index >= 15 is 0 Å². The largest absolute Gasteiger partial charge is 0.497 e. The average Bonchev–Trinajstić information content (AvgIpc) is 2.65. The quantitative estimate of drug-likeness (QED) is 0.864. The summed E-state index contributed by atoms with van der Waals surface area (Å²) < 4.78 is 16.2. The molecule has 0 aliphatic carbocycles. The summed E-state index contributed by atoms with van der Waals surface area (Å²) in [5.41, 5.74) is 2.43. The van der Waals surface area contributed by atoms with E-state index in [0.29, 0.717) is 23.6 Å². The number of para-hydroxylation sites is 1. The Morgan fingerprint density at radius 2 is 1.75 bits per heavy atom. The predicted octanol–water partition coefficient (Wildman–Crippen LogP) is 3.31. The molecule has 24 heavy (non-hydrogen) atoms. The number of benzene rings is 2. The Kier molecular flexibility index (Phi) is 4.60. The number of nitrogens with zero attached hydrogens (tertiary/aromatic N) is 1. The van der Waals surface area contributed by atoms with Gasteiger partial charge in [0.15, 0.2) is 0 Å². The second-order valence-corrected chi connectivity index (χ2v) is 5.59. The molecule has 0 bridgehead atoms. The van der Waals surface area contributed by atoms with Gasteiger partial charge in [-0.15, -0.1) is 0 Å². The summed E-state index contributed by atoms with van der Waals surface area (Å²) in [6.45, 7) is 0.653. The van der Waals surface area contributed by atoms with E-state index in [1.165, 1.54) is 0 Å². The zero-order valence-corrected chi connectivity index (χ0v) is 14.2. The molecule has 0 spiro atoms. The highest BCUT2D eigenvalue weighted by Gasteiger charge is 2.28. The van der Waals surface area contributed by atoms with E-state index in [1.807, 2.05) is 24.3 Å². The number of anilines is 1. The summed E-state index contributed by atoms with van der Waals surface area (Å²) in [4.78, 5) is 14.9. The van der Waals surface area contributed by atoms with Crippen molar-refractivity contribution in [2.24, 2.45) is 0 Å². The zero-order valence-electron chi connectivity index (χ0n) is 14.2. The van der Waals surface area contributed by atoms with Crippen molar-refractivity contribution in [3.8, 4) is 17.2 Å². The van der Waals surface area contributed by atoms with E-state index in [0.717, 1.165) is 29.8 Å². The van der Waals surface area contributed by atoms with E-state index < -0.39 is 0 Å². The van der Waals surface area contributed by atoms with Crippen molar-refractivity contribution in [2.75, 3.05) is 32.8 Å². The van der Waals surface area contributed by atoms with Crippen LogP contribution in [0.1, 0.15) is 22.3 Å². The van der Waals surface area contributed by atoms with Gasteiger partial charge in [0.05, 0.1) is 32.6 Å². The van der Waals surface area contributed by atoms with Crippen LogP contribution in [0.25, 0.3) is 0 Å². The minimum Gasteiger partial charge on any atom is -0.497 e. The van der Waals surface area contributed by atoms with Crippen LogP contribution in [0.5, 0.6) is 17.2 Å². The van der Waals surface area contributed by atoms with Crippen LogP contribution in [0, 0.1) is 0 Å². The van der Waals surface area contributed by atoms with Crippen molar-refractivity contribution in [3.63, 3.8) is 0 Å². The Labute approximate surface area is 141 Å². The van der Waals surface area contributed by atoms with Crippen LogP contribution in [0.2, 0.25) is 0 Å². The van der Waals surface area contributed by atoms with Crippen molar-refractivity contribution in [3.05, 3.63) is 47.5 Å². The van der Waals surface area contributed by atoms with Crippen molar-refractivity contribution in [1.29, 1.82) is 0 Å². The van der Waals surface area contributed by atoms with Crippen LogP contribution in [-0.2, 0) is 6.42 Å². The van der Waals surface area contributed by atoms with Gasteiger partial charge in [-0.3, -0.25) is 4.79 Å².